The van der Waals surface area contributed by atoms with Crippen LogP contribution in [0.5, 0.6) is 0 Å². The predicted molar refractivity (Wildman–Crippen MR) is 80.6 cm³/mol. The lowest BCUT2D eigenvalue weighted by atomic mass is 10.1. The lowest BCUT2D eigenvalue weighted by Crippen LogP contribution is -2.30. The first-order valence-corrected chi connectivity index (χ1v) is 6.68. The van der Waals surface area contributed by atoms with Crippen LogP contribution >= 0.6 is 11.6 Å². The zero-order chi connectivity index (χ0) is 14.1. The quantitative estimate of drug-likeness (QED) is 0.789. The van der Waals surface area contributed by atoms with Gasteiger partial charge in [0.2, 0.25) is 0 Å². The van der Waals surface area contributed by atoms with Crippen LogP contribution in [0.15, 0.2) is 42.5 Å². The second-order valence-electron chi connectivity index (χ2n) is 4.82. The SMILES string of the molecule is Nc1ccc2c(c1)CN(C(=O)Nc1cccc(Cl)c1)C2. The van der Waals surface area contributed by atoms with E-state index >= 15 is 0 Å². The van der Waals surface area contributed by atoms with Crippen molar-refractivity contribution in [2.45, 2.75) is 13.1 Å². The molecule has 5 heteroatoms. The molecule has 0 bridgehead atoms. The Bertz CT molecular complexity index is 672. The summed E-state index contributed by atoms with van der Waals surface area (Å²) in [5.74, 6) is 0. The minimum absolute atomic E-state index is 0.137. The Morgan fingerprint density at radius 1 is 1.15 bits per heavy atom. The van der Waals surface area contributed by atoms with Crippen molar-refractivity contribution in [2.24, 2.45) is 0 Å². The number of carbonyl (C=O) groups is 1. The Morgan fingerprint density at radius 3 is 2.75 bits per heavy atom. The Morgan fingerprint density at radius 2 is 1.95 bits per heavy atom. The van der Waals surface area contributed by atoms with Crippen LogP contribution in [0.4, 0.5) is 16.2 Å². The van der Waals surface area contributed by atoms with E-state index in [1.54, 1.807) is 23.1 Å². The van der Waals surface area contributed by atoms with E-state index in [-0.39, 0.29) is 6.03 Å². The monoisotopic (exact) mass is 287 g/mol. The molecule has 1 aliphatic rings. The highest BCUT2D eigenvalue weighted by molar-refractivity contribution is 6.30. The minimum Gasteiger partial charge on any atom is -0.399 e. The molecule has 0 atom stereocenters. The summed E-state index contributed by atoms with van der Waals surface area (Å²) in [5.41, 5.74) is 9.42. The van der Waals surface area contributed by atoms with Crippen LogP contribution in [0.2, 0.25) is 5.02 Å². The van der Waals surface area contributed by atoms with E-state index in [1.165, 1.54) is 0 Å². The highest BCUT2D eigenvalue weighted by Gasteiger charge is 2.23. The number of nitrogens with two attached hydrogens (primary N) is 1. The van der Waals surface area contributed by atoms with Gasteiger partial charge in [0.15, 0.2) is 0 Å². The van der Waals surface area contributed by atoms with E-state index in [9.17, 15) is 4.79 Å². The van der Waals surface area contributed by atoms with Crippen molar-refractivity contribution in [1.29, 1.82) is 0 Å². The molecule has 3 rings (SSSR count). The summed E-state index contributed by atoms with van der Waals surface area (Å²) >= 11 is 5.90. The number of anilines is 2. The van der Waals surface area contributed by atoms with Gasteiger partial charge in [-0.05, 0) is 41.5 Å². The van der Waals surface area contributed by atoms with E-state index in [0.717, 1.165) is 16.8 Å². The van der Waals surface area contributed by atoms with Gasteiger partial charge >= 0.3 is 6.03 Å². The fourth-order valence-corrected chi connectivity index (χ4v) is 2.52. The summed E-state index contributed by atoms with van der Waals surface area (Å²) in [6, 6.07) is 12.7. The number of nitrogens with one attached hydrogen (secondary N) is 1. The molecule has 20 heavy (non-hydrogen) atoms. The molecule has 0 unspecified atom stereocenters. The van der Waals surface area contributed by atoms with Crippen LogP contribution < -0.4 is 11.1 Å². The molecule has 0 saturated carbocycles. The molecule has 0 saturated heterocycles. The lowest BCUT2D eigenvalue weighted by Gasteiger charge is -2.16. The Kier molecular flexibility index (Phi) is 3.24. The third-order valence-corrected chi connectivity index (χ3v) is 3.55. The standard InChI is InChI=1S/C15H14ClN3O/c16-12-2-1-3-14(7-12)18-15(20)19-8-10-4-5-13(17)6-11(10)9-19/h1-7H,8-9,17H2,(H,18,20). The molecule has 102 valence electrons. The number of rotatable bonds is 1. The van der Waals surface area contributed by atoms with Crippen molar-refractivity contribution >= 4 is 29.0 Å². The molecular formula is C15H14ClN3O. The second kappa shape index (κ2) is 5.06. The van der Waals surface area contributed by atoms with E-state index in [0.29, 0.717) is 23.8 Å². The van der Waals surface area contributed by atoms with Gasteiger partial charge in [0.1, 0.15) is 0 Å². The number of carbonyl (C=O) groups excluding carboxylic acids is 1. The van der Waals surface area contributed by atoms with Gasteiger partial charge in [-0.25, -0.2) is 4.79 Å². The lowest BCUT2D eigenvalue weighted by molar-refractivity contribution is 0.212. The molecule has 0 aliphatic carbocycles. The normalized spacial score (nSPS) is 13.2. The van der Waals surface area contributed by atoms with Crippen molar-refractivity contribution < 1.29 is 4.79 Å². The summed E-state index contributed by atoms with van der Waals surface area (Å²) < 4.78 is 0. The molecule has 0 radical (unpaired) electrons. The van der Waals surface area contributed by atoms with Gasteiger partial charge in [0, 0.05) is 29.5 Å². The third-order valence-electron chi connectivity index (χ3n) is 3.32. The van der Waals surface area contributed by atoms with Crippen LogP contribution in [-0.2, 0) is 13.1 Å². The molecule has 2 aromatic rings. The maximum Gasteiger partial charge on any atom is 0.322 e. The van der Waals surface area contributed by atoms with Crippen molar-refractivity contribution in [2.75, 3.05) is 11.1 Å². The predicted octanol–water partition coefficient (Wildman–Crippen LogP) is 3.47. The fourth-order valence-electron chi connectivity index (χ4n) is 2.33. The van der Waals surface area contributed by atoms with Crippen LogP contribution in [0.1, 0.15) is 11.1 Å². The van der Waals surface area contributed by atoms with Crippen molar-refractivity contribution in [3.8, 4) is 0 Å². The molecule has 4 nitrogen and oxygen atoms in total. The van der Waals surface area contributed by atoms with Crippen molar-refractivity contribution in [3.05, 3.63) is 58.6 Å². The van der Waals surface area contributed by atoms with Gasteiger partial charge in [0.25, 0.3) is 0 Å². The average Bonchev–Trinajstić information content (AvgIpc) is 2.81. The van der Waals surface area contributed by atoms with E-state index in [4.69, 9.17) is 17.3 Å². The summed E-state index contributed by atoms with van der Waals surface area (Å²) in [5, 5.41) is 3.44. The molecule has 1 aliphatic heterocycles. The van der Waals surface area contributed by atoms with Gasteiger partial charge in [-0.15, -0.1) is 0 Å². The maximum atomic E-state index is 12.2. The smallest absolute Gasteiger partial charge is 0.322 e. The molecule has 2 amide bonds. The number of fused-ring (bicyclic) bond motifs is 1. The van der Waals surface area contributed by atoms with Crippen LogP contribution in [0.3, 0.4) is 0 Å². The summed E-state index contributed by atoms with van der Waals surface area (Å²) in [7, 11) is 0. The number of halogens is 1. The van der Waals surface area contributed by atoms with Crippen LogP contribution in [-0.4, -0.2) is 10.9 Å². The van der Waals surface area contributed by atoms with Gasteiger partial charge < -0.3 is 16.0 Å². The molecule has 3 N–H and O–H groups in total. The zero-order valence-corrected chi connectivity index (χ0v) is 11.5. The molecule has 0 fully saturated rings. The second-order valence-corrected chi connectivity index (χ2v) is 5.26. The summed E-state index contributed by atoms with van der Waals surface area (Å²) in [4.78, 5) is 14.0. The highest BCUT2D eigenvalue weighted by atomic mass is 35.5. The zero-order valence-electron chi connectivity index (χ0n) is 10.8. The van der Waals surface area contributed by atoms with E-state index in [1.807, 2.05) is 24.3 Å². The number of amides is 2. The Labute approximate surface area is 122 Å². The van der Waals surface area contributed by atoms with Gasteiger partial charge in [-0.2, -0.15) is 0 Å². The molecule has 1 heterocycles. The van der Waals surface area contributed by atoms with Crippen molar-refractivity contribution in [1.82, 2.24) is 4.90 Å². The number of benzene rings is 2. The van der Waals surface area contributed by atoms with Gasteiger partial charge in [-0.1, -0.05) is 23.7 Å². The van der Waals surface area contributed by atoms with E-state index in [2.05, 4.69) is 5.32 Å². The molecular weight excluding hydrogens is 274 g/mol. The summed E-state index contributed by atoms with van der Waals surface area (Å²) in [6.45, 7) is 1.18. The van der Waals surface area contributed by atoms with Crippen LogP contribution in [0.25, 0.3) is 0 Å². The highest BCUT2D eigenvalue weighted by Crippen LogP contribution is 2.25. The number of urea groups is 1. The first-order valence-electron chi connectivity index (χ1n) is 6.30. The van der Waals surface area contributed by atoms with Crippen molar-refractivity contribution in [3.63, 3.8) is 0 Å². The van der Waals surface area contributed by atoms with E-state index < -0.39 is 0 Å². The number of hydrogen-bond donors (Lipinski definition) is 2. The minimum atomic E-state index is -0.137. The number of nitrogens with zero attached hydrogens (tertiary/aromatic N) is 1. The van der Waals surface area contributed by atoms with Gasteiger partial charge in [-0.3, -0.25) is 0 Å². The summed E-state index contributed by atoms with van der Waals surface area (Å²) in [6.07, 6.45) is 0. The molecule has 0 spiro atoms. The first kappa shape index (κ1) is 12.8. The largest absolute Gasteiger partial charge is 0.399 e. The van der Waals surface area contributed by atoms with Gasteiger partial charge in [0.05, 0.1) is 0 Å². The fraction of sp³-hybridized carbons (Fsp3) is 0.133. The average molecular weight is 288 g/mol. The first-order chi connectivity index (χ1) is 9.61. The Balaban J connectivity index is 1.71. The topological polar surface area (TPSA) is 58.4 Å². The van der Waals surface area contributed by atoms with Crippen LogP contribution in [0, 0.1) is 0 Å². The third kappa shape index (κ3) is 2.56. The Hall–Kier alpha value is -2.20. The molecule has 0 aromatic heterocycles. The molecule has 2 aromatic carbocycles. The number of nitrogen functional groups attached to an aromatic ring is 1. The number of hydrogen-bond acceptors (Lipinski definition) is 2. The maximum absolute atomic E-state index is 12.2.